The third kappa shape index (κ3) is 2.72. The molecular weight excluding hydrogens is 290 g/mol. The van der Waals surface area contributed by atoms with Crippen molar-refractivity contribution in [1.29, 1.82) is 0 Å². The highest BCUT2D eigenvalue weighted by Gasteiger charge is 2.50. The van der Waals surface area contributed by atoms with Gasteiger partial charge in [-0.05, 0) is 57.9 Å². The van der Waals surface area contributed by atoms with Crippen molar-refractivity contribution >= 4 is 15.9 Å². The minimum absolute atomic E-state index is 0.451. The Morgan fingerprint density at radius 2 is 2.17 bits per heavy atom. The topological polar surface area (TPSA) is 21.3 Å². The first-order chi connectivity index (χ1) is 8.49. The average Bonchev–Trinajstić information content (AvgIpc) is 2.95. The maximum Gasteiger partial charge on any atom is 0.133 e. The molecule has 1 N–H and O–H groups in total. The predicted molar refractivity (Wildman–Crippen MR) is 79.0 cm³/mol. The number of hydrogen-bond donors (Lipinski definition) is 1. The van der Waals surface area contributed by atoms with Crippen LogP contribution in [0, 0.1) is 11.3 Å². The first-order valence-electron chi connectivity index (χ1n) is 6.56. The van der Waals surface area contributed by atoms with Crippen molar-refractivity contribution in [2.45, 2.75) is 33.2 Å². The molecule has 0 heterocycles. The molecule has 2 atom stereocenters. The van der Waals surface area contributed by atoms with Crippen LogP contribution in [0.3, 0.4) is 0 Å². The van der Waals surface area contributed by atoms with E-state index in [0.717, 1.165) is 22.7 Å². The van der Waals surface area contributed by atoms with Gasteiger partial charge in [-0.3, -0.25) is 0 Å². The maximum absolute atomic E-state index is 5.29. The van der Waals surface area contributed by atoms with E-state index in [1.807, 2.05) is 6.07 Å². The van der Waals surface area contributed by atoms with E-state index in [2.05, 4.69) is 54.2 Å². The van der Waals surface area contributed by atoms with Crippen molar-refractivity contribution in [3.8, 4) is 5.75 Å². The van der Waals surface area contributed by atoms with Gasteiger partial charge in [-0.2, -0.15) is 0 Å². The normalized spacial score (nSPS) is 22.6. The fraction of sp³-hybridized carbons (Fsp3) is 0.600. The van der Waals surface area contributed by atoms with Crippen molar-refractivity contribution in [2.24, 2.45) is 11.3 Å². The summed E-state index contributed by atoms with van der Waals surface area (Å²) in [6.45, 7) is 7.86. The van der Waals surface area contributed by atoms with E-state index >= 15 is 0 Å². The van der Waals surface area contributed by atoms with E-state index in [-0.39, 0.29) is 0 Å². The molecule has 2 rings (SSSR count). The molecule has 0 spiro atoms. The molecule has 1 aliphatic carbocycles. The number of halogens is 1. The summed E-state index contributed by atoms with van der Waals surface area (Å²) in [5, 5.41) is 3.62. The molecule has 1 aliphatic rings. The predicted octanol–water partition coefficient (Wildman–Crippen LogP) is 4.15. The second kappa shape index (κ2) is 5.22. The quantitative estimate of drug-likeness (QED) is 0.882. The molecule has 0 aromatic heterocycles. The fourth-order valence-corrected chi connectivity index (χ4v) is 3.22. The largest absolute Gasteiger partial charge is 0.496 e. The maximum atomic E-state index is 5.29. The van der Waals surface area contributed by atoms with Crippen molar-refractivity contribution in [3.63, 3.8) is 0 Å². The number of benzene rings is 1. The van der Waals surface area contributed by atoms with Crippen molar-refractivity contribution in [3.05, 3.63) is 28.2 Å². The first-order valence-corrected chi connectivity index (χ1v) is 7.35. The van der Waals surface area contributed by atoms with Crippen LogP contribution in [0.15, 0.2) is 22.7 Å². The molecule has 18 heavy (non-hydrogen) atoms. The highest BCUT2D eigenvalue weighted by Crippen LogP contribution is 2.57. The lowest BCUT2D eigenvalue weighted by atomic mass is 9.97. The molecule has 2 unspecified atom stereocenters. The minimum Gasteiger partial charge on any atom is -0.496 e. The van der Waals surface area contributed by atoms with Crippen LogP contribution >= 0.6 is 15.9 Å². The molecule has 0 bridgehead atoms. The van der Waals surface area contributed by atoms with Gasteiger partial charge in [0.1, 0.15) is 5.75 Å². The molecule has 1 aromatic carbocycles. The van der Waals surface area contributed by atoms with Gasteiger partial charge in [-0.1, -0.05) is 26.8 Å². The Morgan fingerprint density at radius 1 is 1.50 bits per heavy atom. The van der Waals surface area contributed by atoms with Crippen LogP contribution in [0.4, 0.5) is 0 Å². The van der Waals surface area contributed by atoms with Crippen molar-refractivity contribution in [2.75, 3.05) is 13.7 Å². The zero-order valence-electron chi connectivity index (χ0n) is 11.6. The van der Waals surface area contributed by atoms with Gasteiger partial charge in [0.2, 0.25) is 0 Å². The third-order valence-electron chi connectivity index (χ3n) is 3.95. The molecule has 0 radical (unpaired) electrons. The van der Waals surface area contributed by atoms with E-state index in [4.69, 9.17) is 4.74 Å². The van der Waals surface area contributed by atoms with Gasteiger partial charge in [-0.15, -0.1) is 0 Å². The molecule has 100 valence electrons. The van der Waals surface area contributed by atoms with Crippen LogP contribution in [0.5, 0.6) is 5.75 Å². The smallest absolute Gasteiger partial charge is 0.133 e. The molecule has 0 aliphatic heterocycles. The Kier molecular flexibility index (Phi) is 4.02. The van der Waals surface area contributed by atoms with Crippen LogP contribution in [-0.4, -0.2) is 13.7 Å². The highest BCUT2D eigenvalue weighted by atomic mass is 79.9. The summed E-state index contributed by atoms with van der Waals surface area (Å²) in [6.07, 6.45) is 1.30. The number of ether oxygens (including phenoxy) is 1. The number of nitrogens with one attached hydrogen (secondary N) is 1. The summed E-state index contributed by atoms with van der Waals surface area (Å²) < 4.78 is 6.32. The third-order valence-corrected chi connectivity index (χ3v) is 4.57. The fourth-order valence-electron chi connectivity index (χ4n) is 2.67. The van der Waals surface area contributed by atoms with Crippen LogP contribution in [-0.2, 0) is 0 Å². The van der Waals surface area contributed by atoms with Gasteiger partial charge < -0.3 is 10.1 Å². The summed E-state index contributed by atoms with van der Waals surface area (Å²) in [5.41, 5.74) is 1.82. The lowest BCUT2D eigenvalue weighted by Crippen LogP contribution is -2.24. The van der Waals surface area contributed by atoms with E-state index in [9.17, 15) is 0 Å². The average molecular weight is 312 g/mol. The van der Waals surface area contributed by atoms with E-state index < -0.39 is 0 Å². The van der Waals surface area contributed by atoms with Crippen LogP contribution in [0.2, 0.25) is 0 Å². The molecule has 0 amide bonds. The molecular formula is C15H22BrNO. The molecule has 1 aromatic rings. The summed E-state index contributed by atoms with van der Waals surface area (Å²) in [6, 6.07) is 6.84. The SMILES string of the molecule is CCNC(c1ccc(OC)c(Br)c1)C1CC1(C)C. The molecule has 1 fully saturated rings. The van der Waals surface area contributed by atoms with Crippen molar-refractivity contribution < 1.29 is 4.74 Å². The summed E-state index contributed by atoms with van der Waals surface area (Å²) in [5.74, 6) is 1.63. The standard InChI is InChI=1S/C15H22BrNO/c1-5-17-14(11-9-15(11,2)3)10-6-7-13(18-4)12(16)8-10/h6-8,11,14,17H,5,9H2,1-4H3. The van der Waals surface area contributed by atoms with Crippen LogP contribution in [0.25, 0.3) is 0 Å². The van der Waals surface area contributed by atoms with Gasteiger partial charge in [0.25, 0.3) is 0 Å². The number of methoxy groups -OCH3 is 1. The first kappa shape index (κ1) is 13.9. The monoisotopic (exact) mass is 311 g/mol. The van der Waals surface area contributed by atoms with Gasteiger partial charge in [0, 0.05) is 6.04 Å². The minimum atomic E-state index is 0.451. The Morgan fingerprint density at radius 3 is 2.61 bits per heavy atom. The molecule has 0 saturated heterocycles. The van der Waals surface area contributed by atoms with Gasteiger partial charge in [0.15, 0.2) is 0 Å². The van der Waals surface area contributed by atoms with Gasteiger partial charge in [0.05, 0.1) is 11.6 Å². The Balaban J connectivity index is 2.23. The van der Waals surface area contributed by atoms with Gasteiger partial charge in [-0.25, -0.2) is 0 Å². The molecule has 1 saturated carbocycles. The number of rotatable bonds is 5. The molecule has 2 nitrogen and oxygen atoms in total. The Labute approximate surface area is 118 Å². The van der Waals surface area contributed by atoms with Gasteiger partial charge >= 0.3 is 0 Å². The second-order valence-electron chi connectivity index (χ2n) is 5.73. The Hall–Kier alpha value is -0.540. The summed E-state index contributed by atoms with van der Waals surface area (Å²) in [7, 11) is 1.70. The zero-order valence-corrected chi connectivity index (χ0v) is 13.2. The number of hydrogen-bond acceptors (Lipinski definition) is 2. The van der Waals surface area contributed by atoms with Crippen molar-refractivity contribution in [1.82, 2.24) is 5.32 Å². The lowest BCUT2D eigenvalue weighted by Gasteiger charge is -2.21. The van der Waals surface area contributed by atoms with E-state index in [1.165, 1.54) is 12.0 Å². The zero-order chi connectivity index (χ0) is 13.3. The van der Waals surface area contributed by atoms with Crippen LogP contribution in [0.1, 0.15) is 38.8 Å². The molecule has 3 heteroatoms. The van der Waals surface area contributed by atoms with E-state index in [1.54, 1.807) is 7.11 Å². The van der Waals surface area contributed by atoms with Crippen LogP contribution < -0.4 is 10.1 Å². The summed E-state index contributed by atoms with van der Waals surface area (Å²) >= 11 is 3.57. The summed E-state index contributed by atoms with van der Waals surface area (Å²) in [4.78, 5) is 0. The lowest BCUT2D eigenvalue weighted by molar-refractivity contribution is 0.408. The highest BCUT2D eigenvalue weighted by molar-refractivity contribution is 9.10. The van der Waals surface area contributed by atoms with E-state index in [0.29, 0.717) is 11.5 Å². The Bertz CT molecular complexity index is 431. The second-order valence-corrected chi connectivity index (χ2v) is 6.58.